The third kappa shape index (κ3) is 3.71. The number of carbonyl (C=O) groups is 2. The second kappa shape index (κ2) is 6.22. The highest BCUT2D eigenvalue weighted by atomic mass is 16.4. The Kier molecular flexibility index (Phi) is 4.39. The molecule has 0 aliphatic carbocycles. The van der Waals surface area contributed by atoms with Crippen molar-refractivity contribution in [3.63, 3.8) is 0 Å². The maximum absolute atomic E-state index is 11.7. The Morgan fingerprint density at radius 2 is 2.05 bits per heavy atom. The normalized spacial score (nSPS) is 14.4. The zero-order chi connectivity index (χ0) is 13.7. The van der Waals surface area contributed by atoms with E-state index in [0.29, 0.717) is 0 Å². The van der Waals surface area contributed by atoms with E-state index < -0.39 is 5.97 Å². The number of aryl methyl sites for hydroxylation is 1. The summed E-state index contributed by atoms with van der Waals surface area (Å²) in [5.41, 5.74) is 2.34. The Morgan fingerprint density at radius 1 is 1.26 bits per heavy atom. The molecule has 5 nitrogen and oxygen atoms in total. The van der Waals surface area contributed by atoms with Gasteiger partial charge in [-0.05, 0) is 30.9 Å². The summed E-state index contributed by atoms with van der Waals surface area (Å²) in [6, 6.07) is 8.08. The highest BCUT2D eigenvalue weighted by Crippen LogP contribution is 2.25. The van der Waals surface area contributed by atoms with Crippen molar-refractivity contribution >= 4 is 17.6 Å². The number of carboxylic acid groups (broad SMARTS) is 1. The van der Waals surface area contributed by atoms with Gasteiger partial charge in [0.2, 0.25) is 5.91 Å². The van der Waals surface area contributed by atoms with Crippen LogP contribution in [0.15, 0.2) is 24.3 Å². The van der Waals surface area contributed by atoms with Gasteiger partial charge in [0.15, 0.2) is 0 Å². The number of nitrogens with zero attached hydrogens (tertiary/aromatic N) is 1. The third-order valence-corrected chi connectivity index (χ3v) is 3.23. The molecule has 1 aromatic rings. The molecule has 19 heavy (non-hydrogen) atoms. The number of para-hydroxylation sites is 1. The zero-order valence-electron chi connectivity index (χ0n) is 10.8. The first-order chi connectivity index (χ1) is 9.16. The lowest BCUT2D eigenvalue weighted by molar-refractivity contribution is -0.137. The highest BCUT2D eigenvalue weighted by Gasteiger charge is 2.17. The van der Waals surface area contributed by atoms with Crippen LogP contribution in [0.5, 0.6) is 0 Å². The van der Waals surface area contributed by atoms with E-state index in [9.17, 15) is 9.59 Å². The summed E-state index contributed by atoms with van der Waals surface area (Å²) >= 11 is 0. The average Bonchev–Trinajstić information content (AvgIpc) is 2.59. The fourth-order valence-electron chi connectivity index (χ4n) is 2.34. The molecule has 1 aliphatic rings. The number of aliphatic carboxylic acids is 1. The third-order valence-electron chi connectivity index (χ3n) is 3.23. The summed E-state index contributed by atoms with van der Waals surface area (Å²) in [6.45, 7) is 0.718. The lowest BCUT2D eigenvalue weighted by atomic mass is 10.1. The molecular weight excluding hydrogens is 244 g/mol. The SMILES string of the molecule is O=C(O)CNC(=O)CN1CCCCc2ccccc21. The fraction of sp³-hybridized carbons (Fsp3) is 0.429. The van der Waals surface area contributed by atoms with E-state index in [1.54, 1.807) is 0 Å². The number of amides is 1. The lowest BCUT2D eigenvalue weighted by Gasteiger charge is -2.24. The predicted octanol–water partition coefficient (Wildman–Crippen LogP) is 1.03. The quantitative estimate of drug-likeness (QED) is 0.850. The second-order valence-electron chi connectivity index (χ2n) is 4.68. The van der Waals surface area contributed by atoms with Gasteiger partial charge in [-0.1, -0.05) is 18.2 Å². The Hall–Kier alpha value is -2.04. The van der Waals surface area contributed by atoms with Crippen molar-refractivity contribution in [2.24, 2.45) is 0 Å². The standard InChI is InChI=1S/C14H18N2O3/c17-13(15-9-14(18)19)10-16-8-4-3-6-11-5-1-2-7-12(11)16/h1-2,5,7H,3-4,6,8-10H2,(H,15,17)(H,18,19). The van der Waals surface area contributed by atoms with E-state index in [-0.39, 0.29) is 19.0 Å². The Labute approximate surface area is 112 Å². The van der Waals surface area contributed by atoms with Crippen molar-refractivity contribution < 1.29 is 14.7 Å². The van der Waals surface area contributed by atoms with Gasteiger partial charge in [0.25, 0.3) is 0 Å². The molecule has 5 heteroatoms. The van der Waals surface area contributed by atoms with Crippen molar-refractivity contribution in [2.75, 3.05) is 24.5 Å². The van der Waals surface area contributed by atoms with Crippen LogP contribution in [0, 0.1) is 0 Å². The van der Waals surface area contributed by atoms with E-state index in [1.165, 1.54) is 5.56 Å². The molecule has 1 aliphatic heterocycles. The first-order valence-electron chi connectivity index (χ1n) is 6.48. The number of carboxylic acids is 1. The molecule has 0 spiro atoms. The molecule has 2 rings (SSSR count). The zero-order valence-corrected chi connectivity index (χ0v) is 10.8. The Bertz CT molecular complexity index is 474. The number of nitrogens with one attached hydrogen (secondary N) is 1. The van der Waals surface area contributed by atoms with Gasteiger partial charge in [0, 0.05) is 12.2 Å². The van der Waals surface area contributed by atoms with E-state index in [4.69, 9.17) is 5.11 Å². The van der Waals surface area contributed by atoms with Gasteiger partial charge in [-0.2, -0.15) is 0 Å². The Balaban J connectivity index is 2.03. The summed E-state index contributed by atoms with van der Waals surface area (Å²) in [7, 11) is 0. The van der Waals surface area contributed by atoms with Crippen LogP contribution < -0.4 is 10.2 Å². The number of rotatable bonds is 4. The number of hydrogen-bond donors (Lipinski definition) is 2. The van der Waals surface area contributed by atoms with Crippen LogP contribution >= 0.6 is 0 Å². The molecule has 2 N–H and O–H groups in total. The largest absolute Gasteiger partial charge is 0.480 e. The van der Waals surface area contributed by atoms with E-state index in [1.807, 2.05) is 23.1 Å². The molecule has 0 saturated heterocycles. The minimum absolute atomic E-state index is 0.213. The van der Waals surface area contributed by atoms with Crippen molar-refractivity contribution in [3.05, 3.63) is 29.8 Å². The van der Waals surface area contributed by atoms with Crippen LogP contribution in [0.4, 0.5) is 5.69 Å². The number of anilines is 1. The smallest absolute Gasteiger partial charge is 0.322 e. The average molecular weight is 262 g/mol. The molecule has 0 aromatic heterocycles. The molecule has 0 fully saturated rings. The molecule has 0 radical (unpaired) electrons. The molecule has 1 amide bonds. The van der Waals surface area contributed by atoms with E-state index in [0.717, 1.165) is 31.5 Å². The van der Waals surface area contributed by atoms with Crippen molar-refractivity contribution in [1.29, 1.82) is 0 Å². The highest BCUT2D eigenvalue weighted by molar-refractivity contribution is 5.85. The van der Waals surface area contributed by atoms with Crippen LogP contribution in [-0.2, 0) is 16.0 Å². The first-order valence-corrected chi connectivity index (χ1v) is 6.48. The fourth-order valence-corrected chi connectivity index (χ4v) is 2.34. The molecule has 0 atom stereocenters. The van der Waals surface area contributed by atoms with Gasteiger partial charge in [-0.25, -0.2) is 0 Å². The topological polar surface area (TPSA) is 69.6 Å². The van der Waals surface area contributed by atoms with Gasteiger partial charge in [0.05, 0.1) is 6.54 Å². The summed E-state index contributed by atoms with van der Waals surface area (Å²) in [6.07, 6.45) is 3.19. The van der Waals surface area contributed by atoms with Crippen molar-refractivity contribution in [3.8, 4) is 0 Å². The summed E-state index contributed by atoms with van der Waals surface area (Å²) in [5.74, 6) is -1.27. The van der Waals surface area contributed by atoms with Gasteiger partial charge in [0.1, 0.15) is 6.54 Å². The minimum Gasteiger partial charge on any atom is -0.480 e. The molecule has 0 saturated carbocycles. The number of hydrogen-bond acceptors (Lipinski definition) is 3. The Morgan fingerprint density at radius 3 is 2.84 bits per heavy atom. The molecular formula is C14H18N2O3. The van der Waals surface area contributed by atoms with Crippen LogP contribution in [0.1, 0.15) is 18.4 Å². The van der Waals surface area contributed by atoms with Crippen molar-refractivity contribution in [2.45, 2.75) is 19.3 Å². The van der Waals surface area contributed by atoms with Crippen LogP contribution in [-0.4, -0.2) is 36.6 Å². The number of fused-ring (bicyclic) bond motifs is 1. The minimum atomic E-state index is -1.02. The summed E-state index contributed by atoms with van der Waals surface area (Å²) < 4.78 is 0. The van der Waals surface area contributed by atoms with Gasteiger partial charge in [-0.15, -0.1) is 0 Å². The maximum Gasteiger partial charge on any atom is 0.322 e. The number of benzene rings is 1. The summed E-state index contributed by atoms with van der Waals surface area (Å²) in [5, 5.41) is 10.9. The van der Waals surface area contributed by atoms with Gasteiger partial charge >= 0.3 is 5.97 Å². The van der Waals surface area contributed by atoms with E-state index in [2.05, 4.69) is 11.4 Å². The van der Waals surface area contributed by atoms with Gasteiger partial charge in [-0.3, -0.25) is 9.59 Å². The second-order valence-corrected chi connectivity index (χ2v) is 4.68. The maximum atomic E-state index is 11.7. The van der Waals surface area contributed by atoms with Crippen LogP contribution in [0.2, 0.25) is 0 Å². The first kappa shape index (κ1) is 13.4. The van der Waals surface area contributed by atoms with Crippen molar-refractivity contribution in [1.82, 2.24) is 5.32 Å². The molecule has 0 bridgehead atoms. The molecule has 1 heterocycles. The lowest BCUT2D eigenvalue weighted by Crippen LogP contribution is -2.39. The molecule has 1 aromatic carbocycles. The van der Waals surface area contributed by atoms with Gasteiger partial charge < -0.3 is 15.3 Å². The molecule has 102 valence electrons. The molecule has 0 unspecified atom stereocenters. The van der Waals surface area contributed by atoms with E-state index >= 15 is 0 Å². The monoisotopic (exact) mass is 262 g/mol. The number of carbonyl (C=O) groups excluding carboxylic acids is 1. The predicted molar refractivity (Wildman–Crippen MR) is 72.2 cm³/mol. The van der Waals surface area contributed by atoms with Crippen LogP contribution in [0.25, 0.3) is 0 Å². The summed E-state index contributed by atoms with van der Waals surface area (Å²) in [4.78, 5) is 24.2. The van der Waals surface area contributed by atoms with Crippen LogP contribution in [0.3, 0.4) is 0 Å².